The molecule has 0 aliphatic rings. The number of carbonyl (C=O) groups is 1. The van der Waals surface area contributed by atoms with Gasteiger partial charge in [-0.1, -0.05) is 30.3 Å². The zero-order chi connectivity index (χ0) is 10.9. The lowest BCUT2D eigenvalue weighted by atomic mass is 10.2. The summed E-state index contributed by atoms with van der Waals surface area (Å²) in [6.45, 7) is 2.80. The van der Waals surface area contributed by atoms with E-state index in [0.717, 1.165) is 6.42 Å². The molecule has 1 aromatic rings. The van der Waals surface area contributed by atoms with Crippen LogP contribution in [0.4, 0.5) is 0 Å². The molecule has 0 radical (unpaired) electrons. The quantitative estimate of drug-likeness (QED) is 0.506. The lowest BCUT2D eigenvalue weighted by Gasteiger charge is -2.11. The van der Waals surface area contributed by atoms with Gasteiger partial charge in [0, 0.05) is 6.61 Å². The van der Waals surface area contributed by atoms with Crippen molar-refractivity contribution in [2.45, 2.75) is 19.6 Å². The maximum absolute atomic E-state index is 10.5. The van der Waals surface area contributed by atoms with E-state index in [1.165, 1.54) is 5.56 Å². The maximum atomic E-state index is 10.5. The molecule has 1 unspecified atom stereocenters. The van der Waals surface area contributed by atoms with Crippen molar-refractivity contribution < 1.29 is 14.3 Å². The summed E-state index contributed by atoms with van der Waals surface area (Å²) in [7, 11) is 0. The second kappa shape index (κ2) is 7.15. The first-order valence-corrected chi connectivity index (χ1v) is 5.09. The number of hydrogen-bond acceptors (Lipinski definition) is 3. The molecule has 0 spiro atoms. The Morgan fingerprint density at radius 1 is 1.27 bits per heavy atom. The molecule has 0 aliphatic carbocycles. The fourth-order valence-corrected chi connectivity index (χ4v) is 1.23. The van der Waals surface area contributed by atoms with E-state index in [0.29, 0.717) is 19.5 Å². The minimum Gasteiger partial charge on any atom is -0.347 e. The van der Waals surface area contributed by atoms with E-state index in [9.17, 15) is 4.79 Å². The van der Waals surface area contributed by atoms with E-state index >= 15 is 0 Å². The molecule has 3 nitrogen and oxygen atoms in total. The van der Waals surface area contributed by atoms with Crippen LogP contribution in [0.5, 0.6) is 0 Å². The van der Waals surface area contributed by atoms with Crippen LogP contribution in [-0.4, -0.2) is 25.8 Å². The largest absolute Gasteiger partial charge is 0.347 e. The molecule has 1 aromatic carbocycles. The monoisotopic (exact) mass is 208 g/mol. The Hall–Kier alpha value is -1.19. The average molecular weight is 208 g/mol. The van der Waals surface area contributed by atoms with Crippen LogP contribution in [0.25, 0.3) is 0 Å². The molecule has 82 valence electrons. The number of ether oxygens (including phenoxy) is 2. The first-order chi connectivity index (χ1) is 7.36. The van der Waals surface area contributed by atoms with E-state index in [1.807, 2.05) is 37.3 Å². The third-order valence-corrected chi connectivity index (χ3v) is 1.96. The predicted octanol–water partition coefficient (Wildman–Crippen LogP) is 1.81. The molecule has 0 aromatic heterocycles. The lowest BCUT2D eigenvalue weighted by molar-refractivity contribution is -0.156. The predicted molar refractivity (Wildman–Crippen MR) is 57.6 cm³/mol. The van der Waals surface area contributed by atoms with Gasteiger partial charge in [-0.25, -0.2) is 0 Å². The molecular weight excluding hydrogens is 192 g/mol. The Bertz CT molecular complexity index is 271. The van der Waals surface area contributed by atoms with Gasteiger partial charge in [0.15, 0.2) is 6.29 Å². The van der Waals surface area contributed by atoms with Crippen LogP contribution in [0, 0.1) is 0 Å². The first kappa shape index (κ1) is 11.9. The number of benzene rings is 1. The highest BCUT2D eigenvalue weighted by atomic mass is 16.7. The summed E-state index contributed by atoms with van der Waals surface area (Å²) in [6.07, 6.45) is 0.742. The molecule has 1 atom stereocenters. The Morgan fingerprint density at radius 2 is 2.00 bits per heavy atom. The standard InChI is InChI=1S/C12H16O3/c1-2-14-12(10-13)15-9-8-11-6-4-3-5-7-11/h3-7,10,12H,2,8-9H2,1H3. The number of rotatable bonds is 7. The molecule has 0 fully saturated rings. The number of hydrogen-bond donors (Lipinski definition) is 0. The van der Waals surface area contributed by atoms with Gasteiger partial charge >= 0.3 is 0 Å². The summed E-state index contributed by atoms with van der Waals surface area (Å²) in [4.78, 5) is 10.5. The van der Waals surface area contributed by atoms with Crippen LogP contribution in [0.15, 0.2) is 30.3 Å². The average Bonchev–Trinajstić information content (AvgIpc) is 2.29. The molecular formula is C12H16O3. The fraction of sp³-hybridized carbons (Fsp3) is 0.417. The minimum atomic E-state index is -0.723. The highest BCUT2D eigenvalue weighted by Crippen LogP contribution is 2.01. The third kappa shape index (κ3) is 4.72. The van der Waals surface area contributed by atoms with Crippen molar-refractivity contribution in [3.63, 3.8) is 0 Å². The zero-order valence-electron chi connectivity index (χ0n) is 8.89. The van der Waals surface area contributed by atoms with Gasteiger partial charge in [-0.05, 0) is 18.9 Å². The van der Waals surface area contributed by atoms with E-state index in [1.54, 1.807) is 0 Å². The van der Waals surface area contributed by atoms with Gasteiger partial charge in [-0.2, -0.15) is 0 Å². The Kier molecular flexibility index (Phi) is 5.66. The van der Waals surface area contributed by atoms with Crippen molar-refractivity contribution in [1.29, 1.82) is 0 Å². The molecule has 0 aliphatic heterocycles. The van der Waals surface area contributed by atoms with Crippen LogP contribution in [0.1, 0.15) is 12.5 Å². The summed E-state index contributed by atoms with van der Waals surface area (Å²) < 4.78 is 10.3. The van der Waals surface area contributed by atoms with Crippen molar-refractivity contribution in [3.05, 3.63) is 35.9 Å². The van der Waals surface area contributed by atoms with E-state index in [-0.39, 0.29) is 0 Å². The second-order valence-corrected chi connectivity index (χ2v) is 3.07. The number of carbonyl (C=O) groups excluding carboxylic acids is 1. The van der Waals surface area contributed by atoms with Crippen LogP contribution in [-0.2, 0) is 20.7 Å². The molecule has 0 saturated carbocycles. The summed E-state index contributed by atoms with van der Waals surface area (Å²) >= 11 is 0. The van der Waals surface area contributed by atoms with Crippen LogP contribution in [0.2, 0.25) is 0 Å². The van der Waals surface area contributed by atoms with Crippen LogP contribution < -0.4 is 0 Å². The molecule has 0 heterocycles. The lowest BCUT2D eigenvalue weighted by Crippen LogP contribution is -2.20. The van der Waals surface area contributed by atoms with Crippen molar-refractivity contribution in [2.75, 3.05) is 13.2 Å². The molecule has 15 heavy (non-hydrogen) atoms. The highest BCUT2D eigenvalue weighted by Gasteiger charge is 2.05. The summed E-state index contributed by atoms with van der Waals surface area (Å²) in [5.41, 5.74) is 1.19. The van der Waals surface area contributed by atoms with Crippen molar-refractivity contribution in [3.8, 4) is 0 Å². The summed E-state index contributed by atoms with van der Waals surface area (Å²) in [5, 5.41) is 0. The molecule has 1 rings (SSSR count). The van der Waals surface area contributed by atoms with Crippen molar-refractivity contribution >= 4 is 6.29 Å². The molecule has 0 bridgehead atoms. The van der Waals surface area contributed by atoms with E-state index < -0.39 is 6.29 Å². The zero-order valence-corrected chi connectivity index (χ0v) is 8.89. The van der Waals surface area contributed by atoms with Gasteiger partial charge in [0.25, 0.3) is 0 Å². The Labute approximate surface area is 90.0 Å². The minimum absolute atomic E-state index is 0.481. The summed E-state index contributed by atoms with van der Waals surface area (Å²) in [6, 6.07) is 9.99. The smallest absolute Gasteiger partial charge is 0.214 e. The summed E-state index contributed by atoms with van der Waals surface area (Å²) in [5.74, 6) is 0. The van der Waals surface area contributed by atoms with Gasteiger partial charge in [-0.15, -0.1) is 0 Å². The Morgan fingerprint density at radius 3 is 2.60 bits per heavy atom. The normalized spacial score (nSPS) is 12.3. The van der Waals surface area contributed by atoms with E-state index in [2.05, 4.69) is 0 Å². The maximum Gasteiger partial charge on any atom is 0.214 e. The van der Waals surface area contributed by atoms with Gasteiger partial charge in [0.1, 0.15) is 0 Å². The fourth-order valence-electron chi connectivity index (χ4n) is 1.23. The SMILES string of the molecule is CCOC(C=O)OCCc1ccccc1. The van der Waals surface area contributed by atoms with Crippen LogP contribution in [0.3, 0.4) is 0 Å². The molecule has 0 N–H and O–H groups in total. The van der Waals surface area contributed by atoms with Crippen molar-refractivity contribution in [1.82, 2.24) is 0 Å². The second-order valence-electron chi connectivity index (χ2n) is 3.07. The van der Waals surface area contributed by atoms with Gasteiger partial charge in [0.2, 0.25) is 6.29 Å². The van der Waals surface area contributed by atoms with Gasteiger partial charge in [-0.3, -0.25) is 4.79 Å². The van der Waals surface area contributed by atoms with E-state index in [4.69, 9.17) is 9.47 Å². The molecule has 0 amide bonds. The third-order valence-electron chi connectivity index (χ3n) is 1.96. The Balaban J connectivity index is 2.23. The van der Waals surface area contributed by atoms with Gasteiger partial charge in [0.05, 0.1) is 6.61 Å². The first-order valence-electron chi connectivity index (χ1n) is 5.09. The highest BCUT2D eigenvalue weighted by molar-refractivity contribution is 5.53. The number of aldehydes is 1. The van der Waals surface area contributed by atoms with Gasteiger partial charge < -0.3 is 9.47 Å². The molecule has 0 saturated heterocycles. The topological polar surface area (TPSA) is 35.5 Å². The molecule has 3 heteroatoms. The van der Waals surface area contributed by atoms with Crippen LogP contribution >= 0.6 is 0 Å². The van der Waals surface area contributed by atoms with Crippen molar-refractivity contribution in [2.24, 2.45) is 0 Å².